The molecule has 0 radical (unpaired) electrons. The number of hydrogen-bond acceptors (Lipinski definition) is 3. The summed E-state index contributed by atoms with van der Waals surface area (Å²) >= 11 is 2.83. The summed E-state index contributed by atoms with van der Waals surface area (Å²) in [5, 5.41) is 0. The number of anilines is 2. The molecule has 1 heterocycles. The summed E-state index contributed by atoms with van der Waals surface area (Å²) in [6.07, 6.45) is 2.19. The zero-order valence-corrected chi connectivity index (χ0v) is 15.0. The molecule has 0 aliphatic carbocycles. The molecule has 0 spiro atoms. The first-order valence-electron chi connectivity index (χ1n) is 7.39. The van der Waals surface area contributed by atoms with Crippen LogP contribution in [0.3, 0.4) is 0 Å². The first-order chi connectivity index (χ1) is 11.4. The van der Waals surface area contributed by atoms with Gasteiger partial charge in [-0.05, 0) is 59.1 Å². The van der Waals surface area contributed by atoms with E-state index in [0.717, 1.165) is 37.7 Å². The summed E-state index contributed by atoms with van der Waals surface area (Å²) in [5.74, 6) is -1.87. The Kier molecular flexibility index (Phi) is 4.78. The van der Waals surface area contributed by atoms with Crippen molar-refractivity contribution in [2.75, 3.05) is 22.7 Å². The van der Waals surface area contributed by atoms with Crippen LogP contribution in [-0.2, 0) is 10.0 Å². The number of nitrogens with one attached hydrogen (secondary N) is 1. The second-order valence-corrected chi connectivity index (χ2v) is 8.05. The summed E-state index contributed by atoms with van der Waals surface area (Å²) in [7, 11) is -4.23. The van der Waals surface area contributed by atoms with Crippen LogP contribution in [0.5, 0.6) is 0 Å². The van der Waals surface area contributed by atoms with Crippen LogP contribution in [0.1, 0.15) is 12.8 Å². The van der Waals surface area contributed by atoms with Crippen molar-refractivity contribution >= 4 is 37.3 Å². The lowest BCUT2D eigenvalue weighted by atomic mass is 10.2. The van der Waals surface area contributed by atoms with Crippen molar-refractivity contribution in [3.8, 4) is 0 Å². The molecule has 3 rings (SSSR count). The minimum absolute atomic E-state index is 0.130. The summed E-state index contributed by atoms with van der Waals surface area (Å²) in [6, 6.07) is 8.34. The molecule has 0 saturated carbocycles. The van der Waals surface area contributed by atoms with Crippen molar-refractivity contribution in [3.05, 3.63) is 52.5 Å². The fourth-order valence-electron chi connectivity index (χ4n) is 2.66. The molecule has 0 bridgehead atoms. The molecule has 1 aliphatic heterocycles. The average molecular weight is 417 g/mol. The number of halogens is 3. The van der Waals surface area contributed by atoms with E-state index in [1.54, 1.807) is 18.2 Å². The highest BCUT2D eigenvalue weighted by Crippen LogP contribution is 2.27. The fraction of sp³-hybridized carbons (Fsp3) is 0.250. The number of sulfonamides is 1. The van der Waals surface area contributed by atoms with E-state index in [1.807, 2.05) is 6.07 Å². The lowest BCUT2D eigenvalue weighted by Gasteiger charge is -2.18. The Balaban J connectivity index is 1.90. The highest BCUT2D eigenvalue weighted by Gasteiger charge is 2.22. The molecular weight excluding hydrogens is 402 g/mol. The van der Waals surface area contributed by atoms with Crippen molar-refractivity contribution in [2.24, 2.45) is 0 Å². The molecule has 1 saturated heterocycles. The maximum atomic E-state index is 13.9. The van der Waals surface area contributed by atoms with Gasteiger partial charge in [-0.1, -0.05) is 6.07 Å². The predicted octanol–water partition coefficient (Wildman–Crippen LogP) is 4.13. The third-order valence-electron chi connectivity index (χ3n) is 3.83. The van der Waals surface area contributed by atoms with E-state index in [4.69, 9.17) is 0 Å². The third kappa shape index (κ3) is 3.54. The summed E-state index contributed by atoms with van der Waals surface area (Å²) in [6.45, 7) is 1.84. The Labute approximate surface area is 147 Å². The number of rotatable bonds is 4. The molecule has 1 fully saturated rings. The molecule has 0 aromatic heterocycles. The Bertz CT molecular complexity index is 868. The quantitative estimate of drug-likeness (QED) is 0.762. The van der Waals surface area contributed by atoms with Crippen LogP contribution in [0.15, 0.2) is 45.8 Å². The van der Waals surface area contributed by atoms with Gasteiger partial charge in [-0.2, -0.15) is 0 Å². The molecule has 2 aromatic rings. The topological polar surface area (TPSA) is 49.4 Å². The zero-order chi connectivity index (χ0) is 17.3. The molecule has 0 unspecified atom stereocenters. The van der Waals surface area contributed by atoms with Crippen LogP contribution in [0.4, 0.5) is 20.2 Å². The van der Waals surface area contributed by atoms with Gasteiger partial charge in [0.2, 0.25) is 0 Å². The molecule has 4 nitrogen and oxygen atoms in total. The Morgan fingerprint density at radius 3 is 2.46 bits per heavy atom. The molecule has 0 atom stereocenters. The van der Waals surface area contributed by atoms with Crippen molar-refractivity contribution in [3.63, 3.8) is 0 Å². The maximum Gasteiger partial charge on any atom is 0.264 e. The first kappa shape index (κ1) is 17.2. The molecule has 0 amide bonds. The summed E-state index contributed by atoms with van der Waals surface area (Å²) in [4.78, 5) is 1.42. The highest BCUT2D eigenvalue weighted by molar-refractivity contribution is 9.10. The van der Waals surface area contributed by atoms with Crippen molar-refractivity contribution in [1.29, 1.82) is 0 Å². The normalized spacial score (nSPS) is 14.9. The fourth-order valence-corrected chi connectivity index (χ4v) is 4.10. The lowest BCUT2D eigenvalue weighted by Crippen LogP contribution is -2.18. The van der Waals surface area contributed by atoms with Crippen LogP contribution >= 0.6 is 15.9 Å². The van der Waals surface area contributed by atoms with Gasteiger partial charge >= 0.3 is 0 Å². The van der Waals surface area contributed by atoms with Crippen LogP contribution in [0.25, 0.3) is 0 Å². The van der Waals surface area contributed by atoms with Gasteiger partial charge in [-0.3, -0.25) is 4.72 Å². The van der Waals surface area contributed by atoms with E-state index in [-0.39, 0.29) is 4.47 Å². The number of benzene rings is 2. The van der Waals surface area contributed by atoms with E-state index in [1.165, 1.54) is 0 Å². The van der Waals surface area contributed by atoms with E-state index in [0.29, 0.717) is 11.8 Å². The van der Waals surface area contributed by atoms with E-state index < -0.39 is 26.6 Å². The van der Waals surface area contributed by atoms with Crippen molar-refractivity contribution < 1.29 is 17.2 Å². The van der Waals surface area contributed by atoms with Gasteiger partial charge in [-0.15, -0.1) is 0 Å². The number of nitrogens with zero attached hydrogens (tertiary/aromatic N) is 1. The van der Waals surface area contributed by atoms with Gasteiger partial charge in [0.1, 0.15) is 16.5 Å². The van der Waals surface area contributed by atoms with E-state index >= 15 is 0 Å². The third-order valence-corrected chi connectivity index (χ3v) is 5.84. The van der Waals surface area contributed by atoms with Gasteiger partial charge in [0.25, 0.3) is 10.0 Å². The molecule has 1 N–H and O–H groups in total. The van der Waals surface area contributed by atoms with E-state index in [2.05, 4.69) is 25.6 Å². The van der Waals surface area contributed by atoms with Crippen LogP contribution in [-0.4, -0.2) is 21.5 Å². The van der Waals surface area contributed by atoms with Crippen LogP contribution < -0.4 is 9.62 Å². The lowest BCUT2D eigenvalue weighted by molar-refractivity contribution is 0.552. The van der Waals surface area contributed by atoms with Gasteiger partial charge in [-0.25, -0.2) is 17.2 Å². The van der Waals surface area contributed by atoms with Gasteiger partial charge in [0.05, 0.1) is 10.2 Å². The van der Waals surface area contributed by atoms with E-state index in [9.17, 15) is 17.2 Å². The smallest absolute Gasteiger partial charge is 0.264 e. The molecule has 24 heavy (non-hydrogen) atoms. The summed E-state index contributed by atoms with van der Waals surface area (Å²) < 4.78 is 54.4. The second kappa shape index (κ2) is 6.68. The number of hydrogen-bond donors (Lipinski definition) is 1. The Morgan fingerprint density at radius 1 is 1.04 bits per heavy atom. The zero-order valence-electron chi connectivity index (χ0n) is 12.6. The first-order valence-corrected chi connectivity index (χ1v) is 9.67. The monoisotopic (exact) mass is 416 g/mol. The van der Waals surface area contributed by atoms with Gasteiger partial charge in [0, 0.05) is 18.8 Å². The standard InChI is InChI=1S/C16H15BrF2N2O2S/c17-13-9-15(19)16(10-14(13)18)24(22,23)20-11-4-3-5-12(8-11)21-6-1-2-7-21/h3-5,8-10,20H,1-2,6-7H2. The molecule has 128 valence electrons. The van der Waals surface area contributed by atoms with Crippen LogP contribution in [0, 0.1) is 11.6 Å². The van der Waals surface area contributed by atoms with Crippen molar-refractivity contribution in [2.45, 2.75) is 17.7 Å². The highest BCUT2D eigenvalue weighted by atomic mass is 79.9. The Hall–Kier alpha value is -1.67. The van der Waals surface area contributed by atoms with Gasteiger partial charge < -0.3 is 4.90 Å². The Morgan fingerprint density at radius 2 is 1.75 bits per heavy atom. The largest absolute Gasteiger partial charge is 0.371 e. The average Bonchev–Trinajstić information content (AvgIpc) is 3.05. The minimum atomic E-state index is -4.23. The minimum Gasteiger partial charge on any atom is -0.371 e. The van der Waals surface area contributed by atoms with Gasteiger partial charge in [0.15, 0.2) is 0 Å². The van der Waals surface area contributed by atoms with Crippen molar-refractivity contribution in [1.82, 2.24) is 0 Å². The second-order valence-electron chi connectivity index (χ2n) is 5.55. The maximum absolute atomic E-state index is 13.9. The molecule has 8 heteroatoms. The molecule has 1 aliphatic rings. The molecule has 2 aromatic carbocycles. The molecular formula is C16H15BrF2N2O2S. The SMILES string of the molecule is O=S(=O)(Nc1cccc(N2CCCC2)c1)c1cc(F)c(Br)cc1F. The van der Waals surface area contributed by atoms with Crippen LogP contribution in [0.2, 0.25) is 0 Å². The summed E-state index contributed by atoms with van der Waals surface area (Å²) in [5.41, 5.74) is 1.21. The predicted molar refractivity (Wildman–Crippen MR) is 92.8 cm³/mol.